The normalized spacial score (nSPS) is 18.0. The zero-order chi connectivity index (χ0) is 44.1. The lowest BCUT2D eigenvalue weighted by molar-refractivity contribution is 0.0678. The highest BCUT2D eigenvalue weighted by Gasteiger charge is 2.42. The van der Waals surface area contributed by atoms with Gasteiger partial charge in [-0.2, -0.15) is 19.6 Å². The fraction of sp³-hybridized carbons (Fsp3) is 0.452. The number of carboxylic acid groups (broad SMARTS) is 2. The molecule has 4 aliphatic heterocycles. The Kier molecular flexibility index (Phi) is 14.8. The van der Waals surface area contributed by atoms with Crippen LogP contribution in [0, 0.1) is 24.7 Å². The summed E-state index contributed by atoms with van der Waals surface area (Å²) in [6.07, 6.45) is 9.38. The number of carboxylic acids is 2. The number of piperidine rings is 2. The fourth-order valence-corrected chi connectivity index (χ4v) is 9.23. The first kappa shape index (κ1) is 46.0. The van der Waals surface area contributed by atoms with Gasteiger partial charge in [0.1, 0.15) is 6.29 Å². The molecule has 326 valence electrons. The Bertz CT molecular complexity index is 2270. The number of benzene rings is 2. The smallest absolute Gasteiger partial charge is 0.357 e. The van der Waals surface area contributed by atoms with Crippen molar-refractivity contribution >= 4 is 76.7 Å². The number of amides is 2. The van der Waals surface area contributed by atoms with Gasteiger partial charge in [0.05, 0.1) is 22.4 Å². The number of carbonyl (C=O) groups excluding carboxylic acids is 3. The van der Waals surface area contributed by atoms with Gasteiger partial charge in [-0.05, 0) is 105 Å². The topological polar surface area (TPSA) is 183 Å². The lowest BCUT2D eigenvalue weighted by Gasteiger charge is -2.39. The summed E-state index contributed by atoms with van der Waals surface area (Å²) in [6.45, 7) is 11.5. The second kappa shape index (κ2) is 19.7. The lowest BCUT2D eigenvalue weighted by atomic mass is 9.78. The third-order valence-corrected chi connectivity index (χ3v) is 13.8. The molecule has 2 amide bonds. The molecule has 0 atom stereocenters. The van der Waals surface area contributed by atoms with Gasteiger partial charge in [-0.1, -0.05) is 70.7 Å². The van der Waals surface area contributed by atoms with Crippen molar-refractivity contribution in [2.75, 3.05) is 52.4 Å². The monoisotopic (exact) mass is 916 g/mol. The number of aromatic carboxylic acids is 2. The average Bonchev–Trinajstić information content (AvgIpc) is 4.05. The lowest BCUT2D eigenvalue weighted by Crippen LogP contribution is -2.45. The van der Waals surface area contributed by atoms with Gasteiger partial charge in [0.2, 0.25) is 0 Å². The van der Waals surface area contributed by atoms with Gasteiger partial charge in [-0.3, -0.25) is 9.69 Å². The van der Waals surface area contributed by atoms with E-state index in [2.05, 4.69) is 33.4 Å². The fourth-order valence-electron chi connectivity index (χ4n) is 8.44. The Morgan fingerprint density at radius 1 is 0.689 bits per heavy atom. The number of nitrogens with zero attached hydrogens (tertiary/aromatic N) is 7. The van der Waals surface area contributed by atoms with E-state index in [0.29, 0.717) is 42.2 Å². The second-order valence-corrected chi connectivity index (χ2v) is 17.8. The van der Waals surface area contributed by atoms with E-state index >= 15 is 0 Å². The van der Waals surface area contributed by atoms with E-state index in [-0.39, 0.29) is 38.9 Å². The summed E-state index contributed by atoms with van der Waals surface area (Å²) < 4.78 is 2.06. The van der Waals surface area contributed by atoms with Crippen molar-refractivity contribution in [3.8, 4) is 0 Å². The molecule has 0 aliphatic carbocycles. The van der Waals surface area contributed by atoms with Crippen LogP contribution in [0.1, 0.15) is 86.6 Å². The molecular formula is C42H48Cl4N8O7. The molecule has 0 unspecified atom stereocenters. The summed E-state index contributed by atoms with van der Waals surface area (Å²) in [4.78, 5) is 63.3. The first-order chi connectivity index (χ1) is 29.0. The number of halogens is 4. The minimum Gasteiger partial charge on any atom is -0.476 e. The molecule has 0 saturated carbocycles. The van der Waals surface area contributed by atoms with Crippen molar-refractivity contribution in [2.24, 2.45) is 10.8 Å². The quantitative estimate of drug-likeness (QED) is 0.166. The number of nitrogens with one attached hydrogen (secondary N) is 1. The van der Waals surface area contributed by atoms with E-state index in [4.69, 9.17) is 56.6 Å². The third-order valence-electron chi connectivity index (χ3n) is 12.4. The number of aldehydes is 1. The number of carbonyl (C=O) groups is 5. The van der Waals surface area contributed by atoms with Gasteiger partial charge in [-0.15, -0.1) is 0 Å². The van der Waals surface area contributed by atoms with E-state index in [1.807, 2.05) is 19.1 Å². The Morgan fingerprint density at radius 2 is 1.18 bits per heavy atom. The summed E-state index contributed by atoms with van der Waals surface area (Å²) >= 11 is 23.7. The molecule has 2 spiro atoms. The molecule has 3 N–H and O–H groups in total. The molecule has 0 bridgehead atoms. The van der Waals surface area contributed by atoms with Crippen LogP contribution < -0.4 is 5.32 Å². The average molecular weight is 919 g/mol. The number of hydrogen-bond donors (Lipinski definition) is 3. The predicted octanol–water partition coefficient (Wildman–Crippen LogP) is 7.89. The van der Waals surface area contributed by atoms with E-state index in [1.54, 1.807) is 28.0 Å². The molecule has 4 saturated heterocycles. The number of likely N-dealkylation sites (tertiary alicyclic amines) is 3. The van der Waals surface area contributed by atoms with Crippen LogP contribution in [0.2, 0.25) is 20.1 Å². The molecule has 15 nitrogen and oxygen atoms in total. The predicted molar refractivity (Wildman–Crippen MR) is 232 cm³/mol. The summed E-state index contributed by atoms with van der Waals surface area (Å²) in [5.74, 6) is -2.48. The molecule has 8 rings (SSSR count). The molecule has 4 fully saturated rings. The van der Waals surface area contributed by atoms with Gasteiger partial charge < -0.3 is 25.3 Å². The second-order valence-electron chi connectivity index (χ2n) is 16.2. The van der Waals surface area contributed by atoms with Gasteiger partial charge in [0.15, 0.2) is 11.4 Å². The first-order valence-electron chi connectivity index (χ1n) is 20.0. The van der Waals surface area contributed by atoms with Gasteiger partial charge in [0, 0.05) is 61.4 Å². The first-order valence-corrected chi connectivity index (χ1v) is 21.5. The standard InChI is InChI=1S/C21H24Cl2N4O3.C13H17ClN4O3.C8H7ClO/c1-14-15(3-2-4-16(14)22)11-25-8-5-21(13-25)6-9-26(10-7-21)20(30)27-12-17(23)18(24-27)19(28)29;14-9-7-18(16-10(9)11(19)20)12(21)17-5-2-13(3-6-17)1-4-15-8-13;1-6-7(5-10)3-2-4-8(6)9/h2-4,12H,5-11,13H2,1H3,(H,28,29);7,15H,1-6,8H2,(H,19,20);2-5H,1H3. The molecule has 61 heavy (non-hydrogen) atoms. The number of aromatic nitrogens is 4. The maximum absolute atomic E-state index is 12.7. The maximum atomic E-state index is 12.7. The zero-order valence-electron chi connectivity index (χ0n) is 33.9. The van der Waals surface area contributed by atoms with Crippen molar-refractivity contribution in [1.29, 1.82) is 0 Å². The molecule has 19 heteroatoms. The third kappa shape index (κ3) is 10.8. The molecule has 4 aliphatic rings. The molecular weight excluding hydrogens is 870 g/mol. The molecule has 2 aromatic heterocycles. The minimum absolute atomic E-state index is 0.0238. The zero-order valence-corrected chi connectivity index (χ0v) is 36.9. The SMILES string of the molecule is Cc1c(Cl)cccc1C=O.Cc1c(Cl)cccc1CN1CCC2(CCN(C(=O)n3cc(Cl)c(C(=O)O)n3)CC2)C1.O=C(O)c1nn(C(=O)N2CCC3(CCNC3)CC2)cc1Cl. The van der Waals surface area contributed by atoms with Crippen LogP contribution in [0.25, 0.3) is 0 Å². The Balaban J connectivity index is 0.000000173. The molecule has 0 radical (unpaired) electrons. The van der Waals surface area contributed by atoms with Gasteiger partial charge in [-0.25, -0.2) is 19.2 Å². The molecule has 6 heterocycles. The highest BCUT2D eigenvalue weighted by atomic mass is 35.5. The minimum atomic E-state index is -1.25. The largest absolute Gasteiger partial charge is 0.476 e. The highest BCUT2D eigenvalue weighted by molar-refractivity contribution is 6.33. The van der Waals surface area contributed by atoms with E-state index < -0.39 is 11.9 Å². The summed E-state index contributed by atoms with van der Waals surface area (Å²) in [5, 5.41) is 30.3. The Morgan fingerprint density at radius 3 is 1.64 bits per heavy atom. The molecule has 4 aromatic rings. The highest BCUT2D eigenvalue weighted by Crippen LogP contribution is 2.41. The summed E-state index contributed by atoms with van der Waals surface area (Å²) in [5.41, 5.74) is 3.85. The van der Waals surface area contributed by atoms with Crippen molar-refractivity contribution in [3.05, 3.63) is 103 Å². The molecule has 2 aromatic carbocycles. The van der Waals surface area contributed by atoms with E-state index in [1.165, 1.54) is 18.0 Å². The van der Waals surface area contributed by atoms with Crippen LogP contribution in [-0.2, 0) is 6.54 Å². The van der Waals surface area contributed by atoms with Crippen molar-refractivity contribution in [3.63, 3.8) is 0 Å². The van der Waals surface area contributed by atoms with Crippen molar-refractivity contribution in [1.82, 2.24) is 39.6 Å². The summed E-state index contributed by atoms with van der Waals surface area (Å²) in [7, 11) is 0. The number of rotatable bonds is 5. The summed E-state index contributed by atoms with van der Waals surface area (Å²) in [6, 6.07) is 10.7. The van der Waals surface area contributed by atoms with Gasteiger partial charge in [0.25, 0.3) is 0 Å². The van der Waals surface area contributed by atoms with Crippen LogP contribution in [-0.4, -0.2) is 127 Å². The van der Waals surface area contributed by atoms with Crippen molar-refractivity contribution < 1.29 is 34.2 Å². The van der Waals surface area contributed by atoms with Crippen LogP contribution in [0.5, 0.6) is 0 Å². The van der Waals surface area contributed by atoms with Crippen molar-refractivity contribution in [2.45, 2.75) is 58.9 Å². The maximum Gasteiger partial charge on any atom is 0.357 e. The van der Waals surface area contributed by atoms with Crippen LogP contribution >= 0.6 is 46.4 Å². The Hall–Kier alpha value is -4.51. The van der Waals surface area contributed by atoms with Crippen LogP contribution in [0.4, 0.5) is 9.59 Å². The Labute approximate surface area is 373 Å². The van der Waals surface area contributed by atoms with Gasteiger partial charge >= 0.3 is 24.0 Å². The van der Waals surface area contributed by atoms with Crippen LogP contribution in [0.15, 0.2) is 48.8 Å². The van der Waals surface area contributed by atoms with E-state index in [9.17, 15) is 24.0 Å². The van der Waals surface area contributed by atoms with Crippen LogP contribution in [0.3, 0.4) is 0 Å². The number of hydrogen-bond acceptors (Lipinski definition) is 9. The van der Waals surface area contributed by atoms with E-state index in [0.717, 1.165) is 103 Å².